The van der Waals surface area contributed by atoms with Crippen LogP contribution in [0, 0.1) is 11.7 Å². The number of aliphatic hydroxyl groups is 1. The fourth-order valence-corrected chi connectivity index (χ4v) is 4.54. The van der Waals surface area contributed by atoms with Crippen LogP contribution < -0.4 is 9.47 Å². The van der Waals surface area contributed by atoms with Crippen LogP contribution in [0.5, 0.6) is 11.5 Å². The van der Waals surface area contributed by atoms with E-state index in [1.54, 1.807) is 42.5 Å². The highest BCUT2D eigenvalue weighted by Gasteiger charge is 2.31. The lowest BCUT2D eigenvalue weighted by molar-refractivity contribution is -0.274. The number of aliphatic hydroxyl groups excluding tert-OH is 1. The molecule has 1 unspecified atom stereocenters. The molecular weight excluding hydrogens is 576 g/mol. The number of alkyl halides is 3. The largest absolute Gasteiger partial charge is 0.573 e. The Balaban J connectivity index is 1.50. The number of aromatic carboxylic acids is 1. The van der Waals surface area contributed by atoms with Gasteiger partial charge in [-0.2, -0.15) is 0 Å². The van der Waals surface area contributed by atoms with E-state index in [-0.39, 0.29) is 29.6 Å². The van der Waals surface area contributed by atoms with E-state index in [4.69, 9.17) is 4.74 Å². The van der Waals surface area contributed by atoms with Gasteiger partial charge in [0.25, 0.3) is 0 Å². The summed E-state index contributed by atoms with van der Waals surface area (Å²) in [6.07, 6.45) is 0.968. The molecule has 0 spiro atoms. The van der Waals surface area contributed by atoms with Crippen molar-refractivity contribution in [1.82, 2.24) is 0 Å². The molecule has 1 atom stereocenters. The number of ether oxygens (including phenoxy) is 2. The van der Waals surface area contributed by atoms with Gasteiger partial charge in [-0.3, -0.25) is 0 Å². The number of carbonyl (C=O) groups is 1. The van der Waals surface area contributed by atoms with Crippen LogP contribution in [-0.4, -0.2) is 22.5 Å². The van der Waals surface area contributed by atoms with Crippen LogP contribution in [0.25, 0.3) is 11.8 Å². The summed E-state index contributed by atoms with van der Waals surface area (Å²) >= 11 is 0. The fraction of sp³-hybridized carbons (Fsp3) is 0.171. The van der Waals surface area contributed by atoms with E-state index in [0.29, 0.717) is 41.7 Å². The van der Waals surface area contributed by atoms with Crippen molar-refractivity contribution in [3.8, 4) is 11.5 Å². The van der Waals surface area contributed by atoms with Gasteiger partial charge in [0.15, 0.2) is 0 Å². The van der Waals surface area contributed by atoms with Crippen LogP contribution in [0.1, 0.15) is 44.6 Å². The molecule has 0 heterocycles. The van der Waals surface area contributed by atoms with Gasteiger partial charge < -0.3 is 19.7 Å². The summed E-state index contributed by atoms with van der Waals surface area (Å²) in [5, 5.41) is 18.8. The second-order valence-corrected chi connectivity index (χ2v) is 10.2. The number of aryl methyl sites for hydroxylation is 1. The van der Waals surface area contributed by atoms with Crippen molar-refractivity contribution >= 4 is 17.8 Å². The van der Waals surface area contributed by atoms with E-state index in [9.17, 15) is 32.6 Å². The average Bonchev–Trinajstić information content (AvgIpc) is 2.98. The van der Waals surface area contributed by atoms with E-state index in [0.717, 1.165) is 11.1 Å². The second-order valence-electron chi connectivity index (χ2n) is 10.2. The highest BCUT2D eigenvalue weighted by molar-refractivity contribution is 5.87. The van der Waals surface area contributed by atoms with Crippen molar-refractivity contribution < 1.29 is 42.0 Å². The SMILES string of the molecule is C=C(O)c1ccc(CCC(/C=C/c2cc(F)ccc2OCc2ccc(OC(F)(F)F)cc2)Cc2ccc(C(=O)O)cc2)cc1. The molecule has 4 aromatic rings. The molecular formula is C35H30F4O5. The molecule has 4 rings (SSSR count). The zero-order chi connectivity index (χ0) is 31.7. The van der Waals surface area contributed by atoms with E-state index in [1.807, 2.05) is 18.2 Å². The monoisotopic (exact) mass is 606 g/mol. The number of carboxylic acid groups (broad SMARTS) is 1. The minimum absolute atomic E-state index is 0.0113. The molecule has 44 heavy (non-hydrogen) atoms. The Bertz CT molecular complexity index is 1590. The van der Waals surface area contributed by atoms with Gasteiger partial charge in [0.1, 0.15) is 29.7 Å². The molecule has 2 N–H and O–H groups in total. The van der Waals surface area contributed by atoms with Gasteiger partial charge >= 0.3 is 12.3 Å². The Kier molecular flexibility index (Phi) is 10.4. The highest BCUT2D eigenvalue weighted by Crippen LogP contribution is 2.27. The zero-order valence-electron chi connectivity index (χ0n) is 23.6. The number of rotatable bonds is 13. The first kappa shape index (κ1) is 31.9. The Morgan fingerprint density at radius 2 is 1.45 bits per heavy atom. The summed E-state index contributed by atoms with van der Waals surface area (Å²) < 4.78 is 61.4. The number of benzene rings is 4. The Labute approximate surface area is 252 Å². The van der Waals surface area contributed by atoms with Gasteiger partial charge in [-0.25, -0.2) is 9.18 Å². The molecule has 0 radical (unpaired) electrons. The number of halogens is 4. The lowest BCUT2D eigenvalue weighted by atomic mass is 9.91. The van der Waals surface area contributed by atoms with Crippen LogP contribution >= 0.6 is 0 Å². The Morgan fingerprint density at radius 3 is 2.07 bits per heavy atom. The molecule has 0 aliphatic heterocycles. The van der Waals surface area contributed by atoms with E-state index in [1.165, 1.54) is 42.5 Å². The number of hydrogen-bond acceptors (Lipinski definition) is 4. The number of carboxylic acids is 1. The maximum absolute atomic E-state index is 14.3. The predicted octanol–water partition coefficient (Wildman–Crippen LogP) is 9.04. The minimum atomic E-state index is -4.78. The molecule has 9 heteroatoms. The van der Waals surface area contributed by atoms with Crippen molar-refractivity contribution in [2.75, 3.05) is 0 Å². The predicted molar refractivity (Wildman–Crippen MR) is 160 cm³/mol. The average molecular weight is 607 g/mol. The van der Waals surface area contributed by atoms with E-state index in [2.05, 4.69) is 11.3 Å². The molecule has 0 aromatic heterocycles. The van der Waals surface area contributed by atoms with Crippen molar-refractivity contribution in [3.63, 3.8) is 0 Å². The van der Waals surface area contributed by atoms with Crippen molar-refractivity contribution in [2.24, 2.45) is 5.92 Å². The standard InChI is InChI=1S/C35H30F4O5/c1-23(40)28-11-4-24(5-12-28)2-3-25(20-26-6-13-29(14-7-26)34(41)42)8-15-30-21-31(36)16-19-33(30)43-22-27-9-17-32(18-10-27)44-35(37,38)39/h4-19,21,25,40H,1-3,20,22H2,(H,41,42)/b15-8+. The summed E-state index contributed by atoms with van der Waals surface area (Å²) in [7, 11) is 0. The molecule has 0 amide bonds. The first-order valence-corrected chi connectivity index (χ1v) is 13.7. The molecule has 0 aliphatic carbocycles. The van der Waals surface area contributed by atoms with Gasteiger partial charge in [0, 0.05) is 11.1 Å². The third kappa shape index (κ3) is 9.76. The molecule has 0 saturated heterocycles. The summed E-state index contributed by atoms with van der Waals surface area (Å²) in [6.45, 7) is 3.57. The van der Waals surface area contributed by atoms with Crippen LogP contribution in [0.3, 0.4) is 0 Å². The summed E-state index contributed by atoms with van der Waals surface area (Å²) in [6, 6.07) is 23.5. The van der Waals surface area contributed by atoms with E-state index < -0.39 is 18.1 Å². The smallest absolute Gasteiger partial charge is 0.508 e. The van der Waals surface area contributed by atoms with Crippen LogP contribution in [0.15, 0.2) is 104 Å². The van der Waals surface area contributed by atoms with Crippen LogP contribution in [0.4, 0.5) is 17.6 Å². The second kappa shape index (κ2) is 14.4. The van der Waals surface area contributed by atoms with Crippen LogP contribution in [-0.2, 0) is 19.4 Å². The molecule has 5 nitrogen and oxygen atoms in total. The maximum Gasteiger partial charge on any atom is 0.573 e. The Morgan fingerprint density at radius 1 is 0.841 bits per heavy atom. The lowest BCUT2D eigenvalue weighted by Gasteiger charge is -2.15. The summed E-state index contributed by atoms with van der Waals surface area (Å²) in [4.78, 5) is 11.3. The molecule has 0 aliphatic rings. The van der Waals surface area contributed by atoms with Crippen molar-refractivity contribution in [3.05, 3.63) is 143 Å². The van der Waals surface area contributed by atoms with Crippen molar-refractivity contribution in [1.29, 1.82) is 0 Å². The third-order valence-corrected chi connectivity index (χ3v) is 6.86. The normalized spacial score (nSPS) is 12.2. The number of allylic oxidation sites excluding steroid dienone is 1. The summed E-state index contributed by atoms with van der Waals surface area (Å²) in [5.74, 6) is -1.45. The highest BCUT2D eigenvalue weighted by atomic mass is 19.4. The first-order chi connectivity index (χ1) is 20.9. The third-order valence-electron chi connectivity index (χ3n) is 6.86. The molecule has 0 saturated carbocycles. The zero-order valence-corrected chi connectivity index (χ0v) is 23.6. The maximum atomic E-state index is 14.3. The first-order valence-electron chi connectivity index (χ1n) is 13.7. The Hall–Kier alpha value is -5.05. The quantitative estimate of drug-likeness (QED) is 0.117. The van der Waals surface area contributed by atoms with Crippen molar-refractivity contribution in [2.45, 2.75) is 32.2 Å². The van der Waals surface area contributed by atoms with Gasteiger partial charge in [-0.05, 0) is 84.3 Å². The van der Waals surface area contributed by atoms with Crippen LogP contribution in [0.2, 0.25) is 0 Å². The van der Waals surface area contributed by atoms with Gasteiger partial charge in [-0.15, -0.1) is 13.2 Å². The fourth-order valence-electron chi connectivity index (χ4n) is 4.54. The topological polar surface area (TPSA) is 76.0 Å². The lowest BCUT2D eigenvalue weighted by Crippen LogP contribution is -2.17. The minimum Gasteiger partial charge on any atom is -0.508 e. The summed E-state index contributed by atoms with van der Waals surface area (Å²) in [5.41, 5.74) is 3.89. The number of hydrogen-bond donors (Lipinski definition) is 2. The molecule has 4 aromatic carbocycles. The van der Waals surface area contributed by atoms with E-state index >= 15 is 0 Å². The molecule has 0 bridgehead atoms. The molecule has 0 fully saturated rings. The van der Waals surface area contributed by atoms with Gasteiger partial charge in [0.05, 0.1) is 5.56 Å². The molecule has 228 valence electrons. The van der Waals surface area contributed by atoms with Gasteiger partial charge in [0.2, 0.25) is 0 Å². The van der Waals surface area contributed by atoms with Gasteiger partial charge in [-0.1, -0.05) is 67.3 Å².